The second kappa shape index (κ2) is 4.68. The SMILES string of the molecule is COc1ccc(C(F)(F)F)cc1C(N)C(F)(F)F. The topological polar surface area (TPSA) is 35.2 Å². The van der Waals surface area contributed by atoms with Gasteiger partial charge in [-0.2, -0.15) is 26.3 Å². The second-order valence-electron chi connectivity index (χ2n) is 3.47. The van der Waals surface area contributed by atoms with Crippen LogP contribution in [-0.4, -0.2) is 13.3 Å². The molecule has 0 aliphatic carbocycles. The number of benzene rings is 1. The third-order valence-electron chi connectivity index (χ3n) is 2.24. The third kappa shape index (κ3) is 3.06. The molecular formula is C10H9F6NO. The van der Waals surface area contributed by atoms with E-state index in [1.54, 1.807) is 0 Å². The normalized spacial score (nSPS) is 14.4. The fourth-order valence-corrected chi connectivity index (χ4v) is 1.33. The van der Waals surface area contributed by atoms with E-state index >= 15 is 0 Å². The van der Waals surface area contributed by atoms with Crippen LogP contribution in [0.5, 0.6) is 5.75 Å². The van der Waals surface area contributed by atoms with Crippen molar-refractivity contribution in [3.05, 3.63) is 29.3 Å². The van der Waals surface area contributed by atoms with Crippen LogP contribution in [0, 0.1) is 0 Å². The Kier molecular flexibility index (Phi) is 3.80. The lowest BCUT2D eigenvalue weighted by Gasteiger charge is -2.20. The van der Waals surface area contributed by atoms with E-state index in [1.165, 1.54) is 0 Å². The Hall–Kier alpha value is -1.44. The van der Waals surface area contributed by atoms with Gasteiger partial charge in [0.2, 0.25) is 0 Å². The van der Waals surface area contributed by atoms with Gasteiger partial charge < -0.3 is 10.5 Å². The predicted molar refractivity (Wildman–Crippen MR) is 51.0 cm³/mol. The lowest BCUT2D eigenvalue weighted by molar-refractivity contribution is -0.150. The van der Waals surface area contributed by atoms with Gasteiger partial charge in [-0.1, -0.05) is 0 Å². The highest BCUT2D eigenvalue weighted by Gasteiger charge is 2.41. The summed E-state index contributed by atoms with van der Waals surface area (Å²) in [6.45, 7) is 0. The zero-order valence-electron chi connectivity index (χ0n) is 9.06. The number of alkyl halides is 6. The minimum Gasteiger partial charge on any atom is -0.496 e. The molecule has 1 atom stereocenters. The van der Waals surface area contributed by atoms with E-state index in [1.807, 2.05) is 0 Å². The molecule has 18 heavy (non-hydrogen) atoms. The fraction of sp³-hybridized carbons (Fsp3) is 0.400. The largest absolute Gasteiger partial charge is 0.496 e. The molecule has 2 N–H and O–H groups in total. The highest BCUT2D eigenvalue weighted by Crippen LogP contribution is 2.39. The first kappa shape index (κ1) is 14.6. The van der Waals surface area contributed by atoms with E-state index in [2.05, 4.69) is 4.74 Å². The Bertz CT molecular complexity index is 425. The van der Waals surface area contributed by atoms with Crippen LogP contribution in [0.3, 0.4) is 0 Å². The molecule has 0 bridgehead atoms. The molecule has 0 heterocycles. The van der Waals surface area contributed by atoms with Crippen LogP contribution >= 0.6 is 0 Å². The first-order chi connectivity index (χ1) is 8.07. The Labute approximate surface area is 98.3 Å². The molecule has 0 saturated carbocycles. The molecule has 0 aromatic heterocycles. The summed E-state index contributed by atoms with van der Waals surface area (Å²) < 4.78 is 79.0. The molecule has 8 heteroatoms. The number of nitrogens with two attached hydrogens (primary N) is 1. The van der Waals surface area contributed by atoms with Crippen LogP contribution in [-0.2, 0) is 6.18 Å². The minimum atomic E-state index is -4.85. The molecule has 0 spiro atoms. The van der Waals surface area contributed by atoms with E-state index < -0.39 is 29.5 Å². The van der Waals surface area contributed by atoms with Crippen LogP contribution < -0.4 is 10.5 Å². The van der Waals surface area contributed by atoms with Gasteiger partial charge in [0.05, 0.1) is 12.7 Å². The van der Waals surface area contributed by atoms with Crippen LogP contribution in [0.15, 0.2) is 18.2 Å². The first-order valence-electron chi connectivity index (χ1n) is 4.64. The van der Waals surface area contributed by atoms with Crippen molar-refractivity contribution in [3.63, 3.8) is 0 Å². The van der Waals surface area contributed by atoms with E-state index in [-0.39, 0.29) is 5.75 Å². The van der Waals surface area contributed by atoms with Crippen molar-refractivity contribution < 1.29 is 31.1 Å². The van der Waals surface area contributed by atoms with Crippen molar-refractivity contribution >= 4 is 0 Å². The van der Waals surface area contributed by atoms with E-state index in [0.717, 1.165) is 13.2 Å². The number of halogens is 6. The van der Waals surface area contributed by atoms with Crippen molar-refractivity contribution in [1.82, 2.24) is 0 Å². The van der Waals surface area contributed by atoms with Gasteiger partial charge in [0, 0.05) is 5.56 Å². The van der Waals surface area contributed by atoms with Crippen molar-refractivity contribution in [2.24, 2.45) is 5.73 Å². The quantitative estimate of drug-likeness (QED) is 0.839. The number of rotatable bonds is 2. The Morgan fingerprint density at radius 3 is 2.06 bits per heavy atom. The Balaban J connectivity index is 3.31. The first-order valence-corrected chi connectivity index (χ1v) is 4.64. The summed E-state index contributed by atoms with van der Waals surface area (Å²) in [6, 6.07) is -0.749. The number of hydrogen-bond donors (Lipinski definition) is 1. The second-order valence-corrected chi connectivity index (χ2v) is 3.47. The average molecular weight is 273 g/mol. The molecular weight excluding hydrogens is 264 g/mol. The van der Waals surface area contributed by atoms with Crippen LogP contribution in [0.1, 0.15) is 17.2 Å². The molecule has 1 aromatic rings. The van der Waals surface area contributed by atoms with E-state index in [0.29, 0.717) is 12.1 Å². The number of ether oxygens (including phenoxy) is 1. The molecule has 0 aliphatic heterocycles. The maximum absolute atomic E-state index is 12.4. The average Bonchev–Trinajstić information content (AvgIpc) is 2.24. The summed E-state index contributed by atoms with van der Waals surface area (Å²) in [5.74, 6) is -0.340. The Morgan fingerprint density at radius 1 is 1.11 bits per heavy atom. The smallest absolute Gasteiger partial charge is 0.416 e. The predicted octanol–water partition coefficient (Wildman–Crippen LogP) is 3.28. The van der Waals surface area contributed by atoms with Crippen LogP contribution in [0.25, 0.3) is 0 Å². The van der Waals surface area contributed by atoms with Crippen molar-refractivity contribution in [2.45, 2.75) is 18.4 Å². The van der Waals surface area contributed by atoms with Gasteiger partial charge >= 0.3 is 12.4 Å². The van der Waals surface area contributed by atoms with Gasteiger partial charge in [0.1, 0.15) is 11.8 Å². The van der Waals surface area contributed by atoms with Crippen molar-refractivity contribution in [2.75, 3.05) is 7.11 Å². The molecule has 1 unspecified atom stereocenters. The van der Waals surface area contributed by atoms with Crippen molar-refractivity contribution in [1.29, 1.82) is 0 Å². The molecule has 0 aliphatic rings. The maximum Gasteiger partial charge on any atom is 0.416 e. The highest BCUT2D eigenvalue weighted by atomic mass is 19.4. The standard InChI is InChI=1S/C10H9F6NO/c1-18-7-3-2-5(9(11,12)13)4-6(7)8(17)10(14,15)16/h2-4,8H,17H2,1H3. The summed E-state index contributed by atoms with van der Waals surface area (Å²) in [4.78, 5) is 0. The molecule has 102 valence electrons. The summed E-state index contributed by atoms with van der Waals surface area (Å²) in [5.41, 5.74) is 2.93. The van der Waals surface area contributed by atoms with Crippen molar-refractivity contribution in [3.8, 4) is 5.75 Å². The summed E-state index contributed by atoms with van der Waals surface area (Å²) >= 11 is 0. The van der Waals surface area contributed by atoms with E-state index in [9.17, 15) is 26.3 Å². The number of methoxy groups -OCH3 is 1. The summed E-state index contributed by atoms with van der Waals surface area (Å²) in [6.07, 6.45) is -9.59. The monoisotopic (exact) mass is 273 g/mol. The molecule has 0 amide bonds. The minimum absolute atomic E-state index is 0.340. The van der Waals surface area contributed by atoms with Gasteiger partial charge in [-0.3, -0.25) is 0 Å². The fourth-order valence-electron chi connectivity index (χ4n) is 1.33. The lowest BCUT2D eigenvalue weighted by Crippen LogP contribution is -2.29. The van der Waals surface area contributed by atoms with Crippen LogP contribution in [0.2, 0.25) is 0 Å². The number of hydrogen-bond acceptors (Lipinski definition) is 2. The molecule has 0 saturated heterocycles. The van der Waals surface area contributed by atoms with Gasteiger partial charge in [0.25, 0.3) is 0 Å². The van der Waals surface area contributed by atoms with Crippen LogP contribution in [0.4, 0.5) is 26.3 Å². The molecule has 2 nitrogen and oxygen atoms in total. The summed E-state index contributed by atoms with van der Waals surface area (Å²) in [5, 5.41) is 0. The highest BCUT2D eigenvalue weighted by molar-refractivity contribution is 5.41. The molecule has 0 radical (unpaired) electrons. The van der Waals surface area contributed by atoms with E-state index in [4.69, 9.17) is 5.73 Å². The zero-order chi connectivity index (χ0) is 14.1. The van der Waals surface area contributed by atoms with Gasteiger partial charge in [-0.15, -0.1) is 0 Å². The summed E-state index contributed by atoms with van der Waals surface area (Å²) in [7, 11) is 1.05. The van der Waals surface area contributed by atoms with Gasteiger partial charge in [0.15, 0.2) is 0 Å². The van der Waals surface area contributed by atoms with Gasteiger partial charge in [-0.05, 0) is 18.2 Å². The molecule has 1 rings (SSSR count). The molecule has 1 aromatic carbocycles. The maximum atomic E-state index is 12.4. The lowest BCUT2D eigenvalue weighted by atomic mass is 10.0. The molecule has 0 fully saturated rings. The van der Waals surface area contributed by atoms with Gasteiger partial charge in [-0.25, -0.2) is 0 Å². The Morgan fingerprint density at radius 2 is 1.67 bits per heavy atom. The third-order valence-corrected chi connectivity index (χ3v) is 2.24. The zero-order valence-corrected chi connectivity index (χ0v) is 9.06.